The molecule has 0 saturated heterocycles. The first-order valence-electron chi connectivity index (χ1n) is 3.01. The average Bonchev–Trinajstić information content (AvgIpc) is 1.82. The van der Waals surface area contributed by atoms with Gasteiger partial charge in [-0.2, -0.15) is 0 Å². The molecule has 0 heterocycles. The van der Waals surface area contributed by atoms with Gasteiger partial charge in [-0.3, -0.25) is 10.2 Å². The largest absolute Gasteiger partial charge is 0.350 e. The molecular formula is C5H12N4O2. The first-order chi connectivity index (χ1) is 5.02. The van der Waals surface area contributed by atoms with Crippen molar-refractivity contribution in [2.75, 3.05) is 20.6 Å². The molecule has 6 nitrogen and oxygen atoms in total. The molecule has 0 fully saturated rings. The minimum absolute atomic E-state index is 0.209. The molecule has 0 saturated carbocycles. The number of rotatable bonds is 2. The highest BCUT2D eigenvalue weighted by Gasteiger charge is 2.01. The van der Waals surface area contributed by atoms with Crippen LogP contribution in [-0.2, 0) is 4.79 Å². The average molecular weight is 160 g/mol. The monoisotopic (exact) mass is 160 g/mol. The molecule has 0 rings (SSSR count). The second-order valence-electron chi connectivity index (χ2n) is 2.28. The molecule has 4 N–H and O–H groups in total. The summed E-state index contributed by atoms with van der Waals surface area (Å²) in [6.07, 6.45) is 0. The SMILES string of the molecule is CN(C)CC(=O)NNC(N)=O. The molecule has 0 spiro atoms. The van der Waals surface area contributed by atoms with Gasteiger partial charge in [-0.1, -0.05) is 0 Å². The Balaban J connectivity index is 3.45. The highest BCUT2D eigenvalue weighted by Crippen LogP contribution is 1.71. The van der Waals surface area contributed by atoms with Crippen molar-refractivity contribution in [1.29, 1.82) is 0 Å². The molecule has 64 valence electrons. The third kappa shape index (κ3) is 6.59. The Bertz CT molecular complexity index is 157. The predicted octanol–water partition coefficient (Wildman–Crippen LogP) is -1.75. The van der Waals surface area contributed by atoms with Crippen LogP contribution in [0.1, 0.15) is 0 Å². The van der Waals surface area contributed by atoms with Gasteiger partial charge in [0, 0.05) is 0 Å². The maximum Gasteiger partial charge on any atom is 0.330 e. The molecule has 0 aromatic rings. The summed E-state index contributed by atoms with van der Waals surface area (Å²) in [4.78, 5) is 22.5. The van der Waals surface area contributed by atoms with E-state index in [9.17, 15) is 9.59 Å². The van der Waals surface area contributed by atoms with Crippen molar-refractivity contribution in [1.82, 2.24) is 15.8 Å². The van der Waals surface area contributed by atoms with Crippen LogP contribution < -0.4 is 16.6 Å². The van der Waals surface area contributed by atoms with Crippen LogP contribution in [-0.4, -0.2) is 37.5 Å². The number of nitrogens with two attached hydrogens (primary N) is 1. The molecule has 6 heteroatoms. The Morgan fingerprint density at radius 1 is 1.36 bits per heavy atom. The normalized spacial score (nSPS) is 9.36. The van der Waals surface area contributed by atoms with E-state index in [1.807, 2.05) is 5.43 Å². The predicted molar refractivity (Wildman–Crippen MR) is 39.4 cm³/mol. The van der Waals surface area contributed by atoms with Crippen molar-refractivity contribution in [3.63, 3.8) is 0 Å². The van der Waals surface area contributed by atoms with Crippen LogP contribution in [0.2, 0.25) is 0 Å². The smallest absolute Gasteiger partial charge is 0.330 e. The topological polar surface area (TPSA) is 87.5 Å². The van der Waals surface area contributed by atoms with Gasteiger partial charge >= 0.3 is 6.03 Å². The zero-order valence-corrected chi connectivity index (χ0v) is 6.55. The molecule has 0 aromatic carbocycles. The third-order valence-corrected chi connectivity index (χ3v) is 0.785. The van der Waals surface area contributed by atoms with Crippen LogP contribution in [0.15, 0.2) is 0 Å². The molecule has 0 aliphatic heterocycles. The van der Waals surface area contributed by atoms with E-state index in [1.165, 1.54) is 0 Å². The lowest BCUT2D eigenvalue weighted by molar-refractivity contribution is -0.122. The van der Waals surface area contributed by atoms with E-state index in [-0.39, 0.29) is 12.5 Å². The molecule has 0 bridgehead atoms. The summed E-state index contributed by atoms with van der Waals surface area (Å²) in [6, 6.07) is -0.780. The van der Waals surface area contributed by atoms with Crippen molar-refractivity contribution in [2.45, 2.75) is 0 Å². The van der Waals surface area contributed by atoms with Gasteiger partial charge in [0.1, 0.15) is 0 Å². The van der Waals surface area contributed by atoms with Crippen molar-refractivity contribution in [3.05, 3.63) is 0 Å². The molecule has 0 aliphatic carbocycles. The number of hydrogen-bond donors (Lipinski definition) is 3. The number of hydrazine groups is 1. The fourth-order valence-corrected chi connectivity index (χ4v) is 0.458. The van der Waals surface area contributed by atoms with E-state index in [1.54, 1.807) is 19.0 Å². The summed E-state index contributed by atoms with van der Waals surface area (Å²) in [5.41, 5.74) is 8.76. The quantitative estimate of drug-likeness (QED) is 0.418. The van der Waals surface area contributed by atoms with E-state index >= 15 is 0 Å². The fourth-order valence-electron chi connectivity index (χ4n) is 0.458. The molecule has 11 heavy (non-hydrogen) atoms. The van der Waals surface area contributed by atoms with Gasteiger partial charge in [0.05, 0.1) is 6.54 Å². The molecule has 0 atom stereocenters. The minimum atomic E-state index is -0.780. The standard InChI is InChI=1S/C5H12N4O2/c1-9(2)3-4(10)7-8-5(6)11/h3H2,1-2H3,(H,7,10)(H3,6,8,11). The Hall–Kier alpha value is -1.30. The van der Waals surface area contributed by atoms with Crippen LogP contribution in [0.4, 0.5) is 4.79 Å². The van der Waals surface area contributed by atoms with E-state index in [0.29, 0.717) is 0 Å². The van der Waals surface area contributed by atoms with Gasteiger partial charge in [-0.15, -0.1) is 0 Å². The number of hydrogen-bond acceptors (Lipinski definition) is 3. The maximum absolute atomic E-state index is 10.7. The lowest BCUT2D eigenvalue weighted by Gasteiger charge is -2.09. The van der Waals surface area contributed by atoms with Crippen LogP contribution in [0.5, 0.6) is 0 Å². The van der Waals surface area contributed by atoms with Crippen LogP contribution in [0.3, 0.4) is 0 Å². The number of nitrogens with zero attached hydrogens (tertiary/aromatic N) is 1. The van der Waals surface area contributed by atoms with E-state index in [4.69, 9.17) is 5.73 Å². The maximum atomic E-state index is 10.7. The van der Waals surface area contributed by atoms with Crippen LogP contribution in [0, 0.1) is 0 Å². The van der Waals surface area contributed by atoms with Crippen molar-refractivity contribution < 1.29 is 9.59 Å². The number of carbonyl (C=O) groups excluding carboxylic acids is 2. The van der Waals surface area contributed by atoms with Gasteiger partial charge < -0.3 is 10.6 Å². The first kappa shape index (κ1) is 9.70. The van der Waals surface area contributed by atoms with E-state index < -0.39 is 6.03 Å². The number of primary amides is 1. The summed E-state index contributed by atoms with van der Waals surface area (Å²) >= 11 is 0. The summed E-state index contributed by atoms with van der Waals surface area (Å²) in [6.45, 7) is 0.209. The number of urea groups is 1. The highest BCUT2D eigenvalue weighted by molar-refractivity contribution is 5.81. The molecule has 0 aromatic heterocycles. The van der Waals surface area contributed by atoms with Crippen LogP contribution in [0.25, 0.3) is 0 Å². The van der Waals surface area contributed by atoms with Crippen molar-refractivity contribution in [2.24, 2.45) is 5.73 Å². The lowest BCUT2D eigenvalue weighted by Crippen LogP contribution is -2.47. The molecular weight excluding hydrogens is 148 g/mol. The lowest BCUT2D eigenvalue weighted by atomic mass is 10.6. The Morgan fingerprint density at radius 2 is 1.91 bits per heavy atom. The molecule has 0 radical (unpaired) electrons. The number of likely N-dealkylation sites (N-methyl/N-ethyl adjacent to an activating group) is 1. The van der Waals surface area contributed by atoms with Crippen LogP contribution >= 0.6 is 0 Å². The fraction of sp³-hybridized carbons (Fsp3) is 0.600. The number of nitrogens with one attached hydrogen (secondary N) is 2. The summed E-state index contributed by atoms with van der Waals surface area (Å²) in [5.74, 6) is -0.311. The van der Waals surface area contributed by atoms with Gasteiger partial charge in [0.2, 0.25) is 0 Å². The van der Waals surface area contributed by atoms with Gasteiger partial charge in [0.25, 0.3) is 5.91 Å². The number of amides is 3. The second-order valence-corrected chi connectivity index (χ2v) is 2.28. The second kappa shape index (κ2) is 4.51. The highest BCUT2D eigenvalue weighted by atomic mass is 16.2. The zero-order valence-electron chi connectivity index (χ0n) is 6.55. The van der Waals surface area contributed by atoms with Crippen molar-refractivity contribution >= 4 is 11.9 Å². The molecule has 3 amide bonds. The van der Waals surface area contributed by atoms with Gasteiger partial charge in [-0.05, 0) is 14.1 Å². The van der Waals surface area contributed by atoms with Crippen molar-refractivity contribution in [3.8, 4) is 0 Å². The summed E-state index contributed by atoms with van der Waals surface area (Å²) in [7, 11) is 3.48. The Labute approximate surface area is 64.7 Å². The Kier molecular flexibility index (Phi) is 3.97. The van der Waals surface area contributed by atoms with Gasteiger partial charge in [-0.25, -0.2) is 10.2 Å². The number of carbonyl (C=O) groups is 2. The third-order valence-electron chi connectivity index (χ3n) is 0.785. The van der Waals surface area contributed by atoms with Gasteiger partial charge in [0.15, 0.2) is 0 Å². The first-order valence-corrected chi connectivity index (χ1v) is 3.01. The van der Waals surface area contributed by atoms with E-state index in [2.05, 4.69) is 5.43 Å². The summed E-state index contributed by atoms with van der Waals surface area (Å²) < 4.78 is 0. The molecule has 0 aliphatic rings. The summed E-state index contributed by atoms with van der Waals surface area (Å²) in [5, 5.41) is 0. The Morgan fingerprint density at radius 3 is 2.27 bits per heavy atom. The zero-order chi connectivity index (χ0) is 8.85. The van der Waals surface area contributed by atoms with E-state index in [0.717, 1.165) is 0 Å². The minimum Gasteiger partial charge on any atom is -0.350 e. The molecule has 0 unspecified atom stereocenters.